The average molecular weight is 514 g/mol. The number of likely N-dealkylation sites (tertiary alicyclic amines) is 1. The highest BCUT2D eigenvalue weighted by Gasteiger charge is 2.58. The molecule has 0 unspecified atom stereocenters. The molecule has 0 N–H and O–H groups in total. The first-order chi connectivity index (χ1) is 15.6. The smallest absolute Gasteiger partial charge is 0.237 e. The molecule has 2 aliphatic rings. The number of hydrogen-bond acceptors (Lipinski definition) is 7. The van der Waals surface area contributed by atoms with Gasteiger partial charge < -0.3 is 4.90 Å². The third-order valence-electron chi connectivity index (χ3n) is 7.98. The van der Waals surface area contributed by atoms with Gasteiger partial charge >= 0.3 is 0 Å². The predicted molar refractivity (Wildman–Crippen MR) is 125 cm³/mol. The fourth-order valence-electron chi connectivity index (χ4n) is 5.36. The van der Waals surface area contributed by atoms with Crippen LogP contribution in [0.4, 0.5) is 4.39 Å². The zero-order valence-electron chi connectivity index (χ0n) is 20.2. The number of halogens is 1. The number of likely N-dealkylation sites (N-methyl/N-ethyl adjacent to an activating group) is 1. The number of carbonyl (C=O) groups is 1. The fourth-order valence-corrected chi connectivity index (χ4v) is 8.29. The topological polar surface area (TPSA) is 116 Å². The first-order valence-electron chi connectivity index (χ1n) is 11.1. The molecule has 8 nitrogen and oxygen atoms in total. The van der Waals surface area contributed by atoms with Gasteiger partial charge in [-0.15, -0.1) is 0 Å². The highest BCUT2D eigenvalue weighted by molar-refractivity contribution is 7.92. The summed E-state index contributed by atoms with van der Waals surface area (Å²) in [6, 6.07) is 6.45. The van der Waals surface area contributed by atoms with Crippen LogP contribution in [0.1, 0.15) is 40.0 Å². The predicted octanol–water partition coefficient (Wildman–Crippen LogP) is 2.21. The van der Waals surface area contributed by atoms with E-state index in [1.165, 1.54) is 29.2 Å². The molecule has 1 saturated carbocycles. The van der Waals surface area contributed by atoms with Crippen LogP contribution in [0.5, 0.6) is 0 Å². The fraction of sp³-hybridized carbons (Fsp3) is 0.652. The van der Waals surface area contributed by atoms with Crippen LogP contribution in [0.2, 0.25) is 0 Å². The van der Waals surface area contributed by atoms with E-state index in [4.69, 9.17) is 0 Å². The summed E-state index contributed by atoms with van der Waals surface area (Å²) in [5.74, 6) is -0.353. The molecule has 1 aliphatic heterocycles. The van der Waals surface area contributed by atoms with Crippen molar-refractivity contribution in [2.24, 2.45) is 5.41 Å². The van der Waals surface area contributed by atoms with Crippen molar-refractivity contribution in [2.75, 3.05) is 26.4 Å². The van der Waals surface area contributed by atoms with Crippen molar-refractivity contribution in [3.63, 3.8) is 0 Å². The molecule has 1 amide bonds. The number of carbonyl (C=O) groups excluding carboxylic acids is 1. The molecule has 34 heavy (non-hydrogen) atoms. The molecule has 0 radical (unpaired) electrons. The largest absolute Gasteiger partial charge is 0.323 e. The van der Waals surface area contributed by atoms with Gasteiger partial charge in [0.05, 0.1) is 34.2 Å². The number of rotatable bonds is 6. The van der Waals surface area contributed by atoms with Gasteiger partial charge in [-0.3, -0.25) is 9.69 Å². The molecule has 1 aromatic rings. The highest BCUT2D eigenvalue weighted by atomic mass is 32.2. The summed E-state index contributed by atoms with van der Waals surface area (Å²) in [4.78, 5) is 16.1. The maximum absolute atomic E-state index is 13.8. The molecule has 3 rings (SSSR count). The SMILES string of the molecule is CN(CC(=O)N1C[C@H](F)C[C@H]1C#N)[C@@]1(C)CC[C@@H](S(=O)(=O)c2ccc(S(C)(=O)=O)cc2)C1(C)C. The van der Waals surface area contributed by atoms with Gasteiger partial charge in [-0.2, -0.15) is 5.26 Å². The van der Waals surface area contributed by atoms with Crippen molar-refractivity contribution < 1.29 is 26.0 Å². The summed E-state index contributed by atoms with van der Waals surface area (Å²) < 4.78 is 64.3. The van der Waals surface area contributed by atoms with Crippen molar-refractivity contribution >= 4 is 25.6 Å². The van der Waals surface area contributed by atoms with Gasteiger partial charge in [0, 0.05) is 18.2 Å². The Balaban J connectivity index is 1.83. The van der Waals surface area contributed by atoms with Crippen LogP contribution < -0.4 is 0 Å². The molecule has 188 valence electrons. The summed E-state index contributed by atoms with van der Waals surface area (Å²) in [6.07, 6.45) is 0.736. The summed E-state index contributed by atoms with van der Waals surface area (Å²) in [5, 5.41) is 8.50. The van der Waals surface area contributed by atoms with E-state index in [2.05, 4.69) is 0 Å². The number of sulfone groups is 2. The summed E-state index contributed by atoms with van der Waals surface area (Å²) >= 11 is 0. The maximum Gasteiger partial charge on any atom is 0.237 e. The lowest BCUT2D eigenvalue weighted by Gasteiger charge is -2.47. The van der Waals surface area contributed by atoms with E-state index in [1.807, 2.05) is 31.7 Å². The van der Waals surface area contributed by atoms with E-state index in [1.54, 1.807) is 7.05 Å². The minimum atomic E-state index is -3.79. The van der Waals surface area contributed by atoms with Crippen molar-refractivity contribution in [1.29, 1.82) is 5.26 Å². The quantitative estimate of drug-likeness (QED) is 0.573. The second-order valence-corrected chi connectivity index (χ2v) is 14.3. The monoisotopic (exact) mass is 513 g/mol. The molecule has 1 heterocycles. The first-order valence-corrected chi connectivity index (χ1v) is 14.6. The zero-order chi connectivity index (χ0) is 25.7. The summed E-state index contributed by atoms with van der Waals surface area (Å²) in [7, 11) is -5.48. The van der Waals surface area contributed by atoms with Gasteiger partial charge in [0.2, 0.25) is 5.91 Å². The zero-order valence-corrected chi connectivity index (χ0v) is 21.8. The Morgan fingerprint density at radius 3 is 2.26 bits per heavy atom. The third kappa shape index (κ3) is 4.48. The minimum absolute atomic E-state index is 0.00710. The van der Waals surface area contributed by atoms with Crippen molar-refractivity contribution in [1.82, 2.24) is 9.80 Å². The molecule has 11 heteroatoms. The number of hydrogen-bond donors (Lipinski definition) is 0. The molecule has 0 aromatic heterocycles. The first kappa shape index (κ1) is 26.6. The highest BCUT2D eigenvalue weighted by Crippen LogP contribution is 2.53. The Labute approximate surface area is 201 Å². The Bertz CT molecular complexity index is 1210. The van der Waals surface area contributed by atoms with Crippen molar-refractivity contribution in [3.8, 4) is 6.07 Å². The Kier molecular flexibility index (Phi) is 6.94. The van der Waals surface area contributed by atoms with Crippen LogP contribution in [0.3, 0.4) is 0 Å². The molecule has 1 aliphatic carbocycles. The molecule has 0 bridgehead atoms. The standard InChI is InChI=1S/C23H32FN3O5S2/c1-22(2)20(34(31,32)19-8-6-18(7-9-19)33(5,29)30)10-11-23(22,3)26(4)15-21(28)27-14-16(24)12-17(27)13-25/h6-9,16-17,20H,10-12,14-15H2,1-5H3/t16-,17+,20-,23+/m1/s1. The normalized spacial score (nSPS) is 29.4. The van der Waals surface area contributed by atoms with Gasteiger partial charge in [0.1, 0.15) is 12.2 Å². The van der Waals surface area contributed by atoms with Crippen LogP contribution in [-0.4, -0.2) is 81.9 Å². The molecule has 1 aromatic carbocycles. The van der Waals surface area contributed by atoms with Gasteiger partial charge in [0.15, 0.2) is 19.7 Å². The molecule has 4 atom stereocenters. The molecular formula is C23H32FN3O5S2. The average Bonchev–Trinajstić information content (AvgIpc) is 3.24. The van der Waals surface area contributed by atoms with E-state index in [9.17, 15) is 31.3 Å². The molecule has 2 fully saturated rings. The van der Waals surface area contributed by atoms with E-state index in [0.29, 0.717) is 12.8 Å². The Hall–Kier alpha value is -2.03. The molecule has 0 spiro atoms. The van der Waals surface area contributed by atoms with Crippen LogP contribution in [0, 0.1) is 16.7 Å². The number of nitrogens with zero attached hydrogens (tertiary/aromatic N) is 3. The van der Waals surface area contributed by atoms with E-state index >= 15 is 0 Å². The minimum Gasteiger partial charge on any atom is -0.323 e. The summed E-state index contributed by atoms with van der Waals surface area (Å²) in [6.45, 7) is 5.48. The van der Waals surface area contributed by atoms with Crippen molar-refractivity contribution in [2.45, 2.75) is 72.8 Å². The Morgan fingerprint density at radius 2 is 1.74 bits per heavy atom. The third-order valence-corrected chi connectivity index (χ3v) is 11.6. The van der Waals surface area contributed by atoms with Crippen LogP contribution in [0.25, 0.3) is 0 Å². The van der Waals surface area contributed by atoms with E-state index < -0.39 is 48.1 Å². The lowest BCUT2D eigenvalue weighted by Crippen LogP contribution is -2.57. The Morgan fingerprint density at radius 1 is 1.18 bits per heavy atom. The summed E-state index contributed by atoms with van der Waals surface area (Å²) in [5.41, 5.74) is -1.43. The van der Waals surface area contributed by atoms with Gasteiger partial charge in [-0.25, -0.2) is 21.2 Å². The number of amides is 1. The second-order valence-electron chi connectivity index (χ2n) is 10.2. The van der Waals surface area contributed by atoms with E-state index in [-0.39, 0.29) is 35.2 Å². The number of alkyl halides is 1. The van der Waals surface area contributed by atoms with E-state index in [0.717, 1.165) is 6.26 Å². The van der Waals surface area contributed by atoms with Gasteiger partial charge in [-0.1, -0.05) is 13.8 Å². The van der Waals surface area contributed by atoms with Crippen LogP contribution in [-0.2, 0) is 24.5 Å². The van der Waals surface area contributed by atoms with Crippen LogP contribution in [0.15, 0.2) is 34.1 Å². The number of nitriles is 1. The maximum atomic E-state index is 13.8. The van der Waals surface area contributed by atoms with Crippen molar-refractivity contribution in [3.05, 3.63) is 24.3 Å². The molecular weight excluding hydrogens is 481 g/mol. The van der Waals surface area contributed by atoms with Gasteiger partial charge in [-0.05, 0) is 56.5 Å². The lowest BCUT2D eigenvalue weighted by atomic mass is 9.75. The van der Waals surface area contributed by atoms with Gasteiger partial charge in [0.25, 0.3) is 0 Å². The lowest BCUT2D eigenvalue weighted by molar-refractivity contribution is -0.134. The molecule has 1 saturated heterocycles. The second kappa shape index (κ2) is 8.88. The number of benzene rings is 1. The van der Waals surface area contributed by atoms with Crippen LogP contribution >= 0.6 is 0 Å².